The van der Waals surface area contributed by atoms with Crippen molar-refractivity contribution >= 4 is 12.0 Å². The molecule has 0 bridgehead atoms. The van der Waals surface area contributed by atoms with Gasteiger partial charge in [-0.2, -0.15) is 0 Å². The minimum Gasteiger partial charge on any atom is -0.496 e. The van der Waals surface area contributed by atoms with Crippen molar-refractivity contribution in [1.29, 1.82) is 0 Å². The fraction of sp³-hybridized carbons (Fsp3) is 0.318. The summed E-state index contributed by atoms with van der Waals surface area (Å²) in [5.41, 5.74) is 1.96. The van der Waals surface area contributed by atoms with Crippen LogP contribution in [0.15, 0.2) is 48.5 Å². The van der Waals surface area contributed by atoms with Crippen LogP contribution in [0.3, 0.4) is 0 Å². The third kappa shape index (κ3) is 5.51. The molecular formula is C22H27NO4. The molecule has 1 atom stereocenters. The summed E-state index contributed by atoms with van der Waals surface area (Å²) in [5.74, 6) is 1.89. The Morgan fingerprint density at radius 2 is 1.63 bits per heavy atom. The molecule has 0 aliphatic heterocycles. The van der Waals surface area contributed by atoms with E-state index in [9.17, 15) is 4.79 Å². The van der Waals surface area contributed by atoms with Gasteiger partial charge in [0.05, 0.1) is 21.3 Å². The lowest BCUT2D eigenvalue weighted by atomic mass is 9.96. The second-order valence-corrected chi connectivity index (χ2v) is 6.04. The number of hydrogen-bond donors (Lipinski definition) is 1. The van der Waals surface area contributed by atoms with Gasteiger partial charge >= 0.3 is 0 Å². The molecule has 5 nitrogen and oxygen atoms in total. The van der Waals surface area contributed by atoms with Gasteiger partial charge in [0.15, 0.2) is 11.5 Å². The Morgan fingerprint density at radius 3 is 2.22 bits per heavy atom. The Bertz CT molecular complexity index is 771. The predicted molar refractivity (Wildman–Crippen MR) is 108 cm³/mol. The Balaban J connectivity index is 2.05. The molecule has 0 spiro atoms. The highest BCUT2D eigenvalue weighted by Crippen LogP contribution is 2.35. The first-order valence-corrected chi connectivity index (χ1v) is 8.93. The molecule has 1 unspecified atom stereocenters. The molecule has 1 N–H and O–H groups in total. The van der Waals surface area contributed by atoms with E-state index >= 15 is 0 Å². The van der Waals surface area contributed by atoms with E-state index in [2.05, 4.69) is 24.4 Å². The first-order chi connectivity index (χ1) is 13.1. The molecule has 144 valence electrons. The highest BCUT2D eigenvalue weighted by Gasteiger charge is 2.12. The van der Waals surface area contributed by atoms with Crippen LogP contribution in [0.1, 0.15) is 30.4 Å². The van der Waals surface area contributed by atoms with Gasteiger partial charge in [-0.05, 0) is 24.1 Å². The molecule has 0 aromatic heterocycles. The van der Waals surface area contributed by atoms with E-state index in [4.69, 9.17) is 14.2 Å². The summed E-state index contributed by atoms with van der Waals surface area (Å²) in [7, 11) is 4.71. The predicted octanol–water partition coefficient (Wildman–Crippen LogP) is 4.04. The van der Waals surface area contributed by atoms with E-state index in [1.165, 1.54) is 11.6 Å². The van der Waals surface area contributed by atoms with Gasteiger partial charge in [-0.1, -0.05) is 37.3 Å². The van der Waals surface area contributed by atoms with E-state index in [0.717, 1.165) is 12.0 Å². The van der Waals surface area contributed by atoms with Gasteiger partial charge in [0.25, 0.3) is 0 Å². The van der Waals surface area contributed by atoms with Crippen LogP contribution in [-0.4, -0.2) is 33.8 Å². The van der Waals surface area contributed by atoms with E-state index in [1.54, 1.807) is 39.5 Å². The Kier molecular flexibility index (Phi) is 7.74. The lowest BCUT2D eigenvalue weighted by Crippen LogP contribution is -2.26. The first kappa shape index (κ1) is 20.4. The zero-order chi connectivity index (χ0) is 19.6. The van der Waals surface area contributed by atoms with E-state index in [-0.39, 0.29) is 5.91 Å². The quantitative estimate of drug-likeness (QED) is 0.678. The Labute approximate surface area is 161 Å². The first-order valence-electron chi connectivity index (χ1n) is 8.93. The number of carbonyl (C=O) groups excluding carboxylic acids is 1. The number of hydrogen-bond acceptors (Lipinski definition) is 4. The van der Waals surface area contributed by atoms with Crippen LogP contribution in [0, 0.1) is 0 Å². The SMILES string of the molecule is CCC(CNC(=O)/C=C/c1cc(OC)c(OC)cc1OC)c1ccccc1. The van der Waals surface area contributed by atoms with Crippen molar-refractivity contribution in [3.63, 3.8) is 0 Å². The number of ether oxygens (including phenoxy) is 3. The molecule has 0 radical (unpaired) electrons. The number of carbonyl (C=O) groups is 1. The highest BCUT2D eigenvalue weighted by atomic mass is 16.5. The summed E-state index contributed by atoms with van der Waals surface area (Å²) in [5, 5.41) is 2.97. The number of rotatable bonds is 9. The fourth-order valence-corrected chi connectivity index (χ4v) is 2.85. The monoisotopic (exact) mass is 369 g/mol. The zero-order valence-corrected chi connectivity index (χ0v) is 16.3. The van der Waals surface area contributed by atoms with Crippen molar-refractivity contribution in [3.05, 3.63) is 59.7 Å². The molecular weight excluding hydrogens is 342 g/mol. The van der Waals surface area contributed by atoms with Gasteiger partial charge in [0.2, 0.25) is 5.91 Å². The maximum Gasteiger partial charge on any atom is 0.244 e. The van der Waals surface area contributed by atoms with Crippen LogP contribution in [0.2, 0.25) is 0 Å². The maximum absolute atomic E-state index is 12.3. The summed E-state index contributed by atoms with van der Waals surface area (Å²) < 4.78 is 16.0. The molecule has 5 heteroatoms. The van der Waals surface area contributed by atoms with Gasteiger partial charge in [0, 0.05) is 30.2 Å². The second-order valence-electron chi connectivity index (χ2n) is 6.04. The number of methoxy groups -OCH3 is 3. The minimum atomic E-state index is -0.152. The van der Waals surface area contributed by atoms with Gasteiger partial charge in [0.1, 0.15) is 5.75 Å². The average molecular weight is 369 g/mol. The summed E-state index contributed by atoms with van der Waals surface area (Å²) >= 11 is 0. The zero-order valence-electron chi connectivity index (χ0n) is 16.3. The van der Waals surface area contributed by atoms with Crippen LogP contribution in [0.4, 0.5) is 0 Å². The molecule has 0 aliphatic carbocycles. The van der Waals surface area contributed by atoms with Crippen LogP contribution < -0.4 is 19.5 Å². The van der Waals surface area contributed by atoms with Crippen LogP contribution >= 0.6 is 0 Å². The van der Waals surface area contributed by atoms with Crippen LogP contribution in [-0.2, 0) is 4.79 Å². The molecule has 2 aromatic carbocycles. The van der Waals surface area contributed by atoms with Gasteiger partial charge < -0.3 is 19.5 Å². The number of benzene rings is 2. The van der Waals surface area contributed by atoms with Gasteiger partial charge in [-0.3, -0.25) is 4.79 Å². The topological polar surface area (TPSA) is 56.8 Å². The van der Waals surface area contributed by atoms with E-state index in [1.807, 2.05) is 18.2 Å². The van der Waals surface area contributed by atoms with E-state index < -0.39 is 0 Å². The fourth-order valence-electron chi connectivity index (χ4n) is 2.85. The molecule has 2 rings (SSSR count). The van der Waals surface area contributed by atoms with Gasteiger partial charge in [-0.25, -0.2) is 0 Å². The summed E-state index contributed by atoms with van der Waals surface area (Å²) in [6, 6.07) is 13.7. The lowest BCUT2D eigenvalue weighted by molar-refractivity contribution is -0.116. The number of nitrogens with one attached hydrogen (secondary N) is 1. The van der Waals surface area contributed by atoms with Crippen molar-refractivity contribution < 1.29 is 19.0 Å². The molecule has 1 amide bonds. The third-order valence-corrected chi connectivity index (χ3v) is 4.44. The Hall–Kier alpha value is -2.95. The maximum atomic E-state index is 12.3. The second kappa shape index (κ2) is 10.3. The third-order valence-electron chi connectivity index (χ3n) is 4.44. The average Bonchev–Trinajstić information content (AvgIpc) is 2.72. The lowest BCUT2D eigenvalue weighted by Gasteiger charge is -2.15. The minimum absolute atomic E-state index is 0.152. The standard InChI is InChI=1S/C22H27NO4/c1-5-16(17-9-7-6-8-10-17)15-23-22(24)12-11-18-13-20(26-3)21(27-4)14-19(18)25-2/h6-14,16H,5,15H2,1-4H3,(H,23,24)/b12-11+. The summed E-state index contributed by atoms with van der Waals surface area (Å²) in [6.45, 7) is 2.71. The largest absolute Gasteiger partial charge is 0.496 e. The summed E-state index contributed by atoms with van der Waals surface area (Å²) in [6.07, 6.45) is 4.17. The van der Waals surface area contributed by atoms with Gasteiger partial charge in [-0.15, -0.1) is 0 Å². The molecule has 2 aromatic rings. The Morgan fingerprint density at radius 1 is 1.00 bits per heavy atom. The number of amides is 1. The smallest absolute Gasteiger partial charge is 0.244 e. The van der Waals surface area contributed by atoms with Crippen molar-refractivity contribution in [2.75, 3.05) is 27.9 Å². The molecule has 0 saturated carbocycles. The van der Waals surface area contributed by atoms with Crippen LogP contribution in [0.25, 0.3) is 6.08 Å². The van der Waals surface area contributed by atoms with Crippen molar-refractivity contribution in [2.24, 2.45) is 0 Å². The van der Waals surface area contributed by atoms with E-state index in [0.29, 0.717) is 29.7 Å². The molecule has 0 fully saturated rings. The van der Waals surface area contributed by atoms with Crippen molar-refractivity contribution in [1.82, 2.24) is 5.32 Å². The summed E-state index contributed by atoms with van der Waals surface area (Å²) in [4.78, 5) is 12.3. The molecule has 0 saturated heterocycles. The van der Waals surface area contributed by atoms with Crippen molar-refractivity contribution in [2.45, 2.75) is 19.3 Å². The highest BCUT2D eigenvalue weighted by molar-refractivity contribution is 5.92. The molecule has 27 heavy (non-hydrogen) atoms. The molecule has 0 heterocycles. The van der Waals surface area contributed by atoms with Crippen LogP contribution in [0.5, 0.6) is 17.2 Å². The normalized spacial score (nSPS) is 11.9. The van der Waals surface area contributed by atoms with Crippen molar-refractivity contribution in [3.8, 4) is 17.2 Å². The molecule has 0 aliphatic rings.